The zero-order chi connectivity index (χ0) is 14.3. The van der Waals surface area contributed by atoms with Gasteiger partial charge in [0.15, 0.2) is 0 Å². The van der Waals surface area contributed by atoms with E-state index in [1.807, 2.05) is 30.3 Å². The number of hydrogen-bond donors (Lipinski definition) is 1. The second kappa shape index (κ2) is 7.72. The SMILES string of the molecule is CC(C)C(=NNC(=O)CCc1ccccc1)C(C)C. The second-order valence-electron chi connectivity index (χ2n) is 5.37. The van der Waals surface area contributed by atoms with E-state index in [1.165, 1.54) is 5.56 Å². The van der Waals surface area contributed by atoms with E-state index in [-0.39, 0.29) is 5.91 Å². The minimum absolute atomic E-state index is 0.0253. The quantitative estimate of drug-likeness (QED) is 0.618. The average molecular weight is 260 g/mol. The number of hydrogen-bond acceptors (Lipinski definition) is 2. The highest BCUT2D eigenvalue weighted by molar-refractivity contribution is 5.89. The Morgan fingerprint density at radius 2 is 1.68 bits per heavy atom. The Balaban J connectivity index is 2.45. The number of carbonyl (C=O) groups is 1. The van der Waals surface area contributed by atoms with Crippen molar-refractivity contribution in [2.24, 2.45) is 16.9 Å². The topological polar surface area (TPSA) is 41.5 Å². The van der Waals surface area contributed by atoms with Crippen LogP contribution in [0, 0.1) is 11.8 Å². The van der Waals surface area contributed by atoms with E-state index in [0.717, 1.165) is 12.1 Å². The molecule has 0 saturated carbocycles. The molecule has 104 valence electrons. The maximum Gasteiger partial charge on any atom is 0.240 e. The smallest absolute Gasteiger partial charge is 0.240 e. The van der Waals surface area contributed by atoms with Gasteiger partial charge in [-0.2, -0.15) is 5.10 Å². The Bertz CT molecular complexity index is 412. The summed E-state index contributed by atoms with van der Waals surface area (Å²) < 4.78 is 0. The lowest BCUT2D eigenvalue weighted by molar-refractivity contribution is -0.121. The Hall–Kier alpha value is -1.64. The van der Waals surface area contributed by atoms with Crippen LogP contribution in [0.4, 0.5) is 0 Å². The van der Waals surface area contributed by atoms with Crippen LogP contribution >= 0.6 is 0 Å². The van der Waals surface area contributed by atoms with Crippen LogP contribution in [0.1, 0.15) is 39.7 Å². The molecule has 0 radical (unpaired) electrons. The molecule has 0 unspecified atom stereocenters. The molecule has 3 heteroatoms. The molecule has 1 aromatic carbocycles. The minimum atomic E-state index is -0.0253. The number of carbonyl (C=O) groups excluding carboxylic acids is 1. The Kier molecular flexibility index (Phi) is 6.26. The first-order valence-corrected chi connectivity index (χ1v) is 6.91. The summed E-state index contributed by atoms with van der Waals surface area (Å²) in [5.41, 5.74) is 4.88. The molecule has 0 saturated heterocycles. The van der Waals surface area contributed by atoms with Crippen molar-refractivity contribution in [2.45, 2.75) is 40.5 Å². The third-order valence-corrected chi connectivity index (χ3v) is 2.98. The summed E-state index contributed by atoms with van der Waals surface area (Å²) in [6.45, 7) is 8.37. The van der Waals surface area contributed by atoms with Gasteiger partial charge in [-0.15, -0.1) is 0 Å². The van der Waals surface area contributed by atoms with Gasteiger partial charge >= 0.3 is 0 Å². The number of rotatable bonds is 6. The molecule has 1 amide bonds. The Morgan fingerprint density at radius 1 is 1.11 bits per heavy atom. The largest absolute Gasteiger partial charge is 0.273 e. The predicted octanol–water partition coefficient (Wildman–Crippen LogP) is 3.40. The molecule has 1 N–H and O–H groups in total. The van der Waals surface area contributed by atoms with E-state index < -0.39 is 0 Å². The zero-order valence-corrected chi connectivity index (χ0v) is 12.3. The summed E-state index contributed by atoms with van der Waals surface area (Å²) in [7, 11) is 0. The van der Waals surface area contributed by atoms with Crippen molar-refractivity contribution in [1.82, 2.24) is 5.43 Å². The van der Waals surface area contributed by atoms with Crippen LogP contribution in [0.25, 0.3) is 0 Å². The highest BCUT2D eigenvalue weighted by Crippen LogP contribution is 2.07. The monoisotopic (exact) mass is 260 g/mol. The molecule has 0 fully saturated rings. The lowest BCUT2D eigenvalue weighted by atomic mass is 9.98. The highest BCUT2D eigenvalue weighted by Gasteiger charge is 2.10. The number of benzene rings is 1. The summed E-state index contributed by atoms with van der Waals surface area (Å²) in [6, 6.07) is 10.0. The van der Waals surface area contributed by atoms with Crippen LogP contribution in [0.5, 0.6) is 0 Å². The van der Waals surface area contributed by atoms with E-state index >= 15 is 0 Å². The normalized spacial score (nSPS) is 10.6. The number of amides is 1. The minimum Gasteiger partial charge on any atom is -0.273 e. The number of nitrogens with zero attached hydrogens (tertiary/aromatic N) is 1. The zero-order valence-electron chi connectivity index (χ0n) is 12.3. The lowest BCUT2D eigenvalue weighted by Gasteiger charge is -2.13. The molecule has 0 aliphatic rings. The van der Waals surface area contributed by atoms with E-state index in [1.54, 1.807) is 0 Å². The van der Waals surface area contributed by atoms with Gasteiger partial charge in [0.25, 0.3) is 0 Å². The summed E-state index contributed by atoms with van der Waals surface area (Å²) in [6.07, 6.45) is 1.22. The van der Waals surface area contributed by atoms with Crippen molar-refractivity contribution >= 4 is 11.6 Å². The Morgan fingerprint density at radius 3 is 2.21 bits per heavy atom. The van der Waals surface area contributed by atoms with Gasteiger partial charge in [-0.3, -0.25) is 4.79 Å². The number of hydrazone groups is 1. The predicted molar refractivity (Wildman–Crippen MR) is 80.0 cm³/mol. The fourth-order valence-electron chi connectivity index (χ4n) is 2.01. The average Bonchev–Trinajstić information content (AvgIpc) is 2.37. The maximum atomic E-state index is 11.7. The summed E-state index contributed by atoms with van der Waals surface area (Å²) >= 11 is 0. The first kappa shape index (κ1) is 15.4. The van der Waals surface area contributed by atoms with Gasteiger partial charge in [-0.05, 0) is 23.8 Å². The van der Waals surface area contributed by atoms with Gasteiger partial charge in [0.05, 0.1) is 0 Å². The first-order valence-electron chi connectivity index (χ1n) is 6.91. The van der Waals surface area contributed by atoms with Crippen LogP contribution in [-0.2, 0) is 11.2 Å². The standard InChI is InChI=1S/C16H24N2O/c1-12(2)16(13(3)4)18-17-15(19)11-10-14-8-6-5-7-9-14/h5-9,12-13H,10-11H2,1-4H3,(H,17,19). The summed E-state index contributed by atoms with van der Waals surface area (Å²) in [5.74, 6) is 0.687. The van der Waals surface area contributed by atoms with E-state index in [4.69, 9.17) is 0 Å². The number of aryl methyl sites for hydroxylation is 1. The lowest BCUT2D eigenvalue weighted by Crippen LogP contribution is -2.24. The van der Waals surface area contributed by atoms with Crippen LogP contribution in [-0.4, -0.2) is 11.6 Å². The molecule has 1 aromatic rings. The summed E-state index contributed by atoms with van der Waals surface area (Å²) in [5, 5.41) is 4.25. The molecule has 3 nitrogen and oxygen atoms in total. The number of nitrogens with one attached hydrogen (secondary N) is 1. The van der Waals surface area contributed by atoms with Gasteiger partial charge in [0, 0.05) is 12.1 Å². The van der Waals surface area contributed by atoms with Gasteiger partial charge in [-0.25, -0.2) is 5.43 Å². The molecule has 0 heterocycles. The first-order chi connectivity index (χ1) is 9.00. The molecule has 0 aliphatic carbocycles. The highest BCUT2D eigenvalue weighted by atomic mass is 16.2. The fourth-order valence-corrected chi connectivity index (χ4v) is 2.01. The van der Waals surface area contributed by atoms with E-state index in [2.05, 4.69) is 38.2 Å². The molecular weight excluding hydrogens is 236 g/mol. The van der Waals surface area contributed by atoms with Crippen molar-refractivity contribution < 1.29 is 4.79 Å². The van der Waals surface area contributed by atoms with Crippen molar-refractivity contribution in [3.05, 3.63) is 35.9 Å². The van der Waals surface area contributed by atoms with Gasteiger partial charge in [-0.1, -0.05) is 58.0 Å². The van der Waals surface area contributed by atoms with Gasteiger partial charge in [0.2, 0.25) is 5.91 Å². The third-order valence-electron chi connectivity index (χ3n) is 2.98. The fraction of sp³-hybridized carbons (Fsp3) is 0.500. The Labute approximate surface area is 116 Å². The van der Waals surface area contributed by atoms with Crippen molar-refractivity contribution in [2.75, 3.05) is 0 Å². The molecule has 0 aromatic heterocycles. The molecule has 0 bridgehead atoms. The molecular formula is C16H24N2O. The van der Waals surface area contributed by atoms with Crippen LogP contribution in [0.2, 0.25) is 0 Å². The molecule has 19 heavy (non-hydrogen) atoms. The summed E-state index contributed by atoms with van der Waals surface area (Å²) in [4.78, 5) is 11.7. The van der Waals surface area contributed by atoms with Gasteiger partial charge in [0.1, 0.15) is 0 Å². The second-order valence-corrected chi connectivity index (χ2v) is 5.37. The molecule has 1 rings (SSSR count). The van der Waals surface area contributed by atoms with Crippen molar-refractivity contribution in [1.29, 1.82) is 0 Å². The van der Waals surface area contributed by atoms with Crippen LogP contribution < -0.4 is 5.43 Å². The van der Waals surface area contributed by atoms with Crippen LogP contribution in [0.15, 0.2) is 35.4 Å². The maximum absolute atomic E-state index is 11.7. The third kappa shape index (κ3) is 5.69. The van der Waals surface area contributed by atoms with E-state index in [0.29, 0.717) is 18.3 Å². The van der Waals surface area contributed by atoms with E-state index in [9.17, 15) is 4.79 Å². The van der Waals surface area contributed by atoms with Crippen molar-refractivity contribution in [3.63, 3.8) is 0 Å². The van der Waals surface area contributed by atoms with Crippen LogP contribution in [0.3, 0.4) is 0 Å². The van der Waals surface area contributed by atoms with Gasteiger partial charge < -0.3 is 0 Å². The molecule has 0 spiro atoms. The van der Waals surface area contributed by atoms with Crippen molar-refractivity contribution in [3.8, 4) is 0 Å². The molecule has 0 atom stereocenters. The molecule has 0 aliphatic heterocycles.